The lowest BCUT2D eigenvalue weighted by Crippen LogP contribution is -2.38. The van der Waals surface area contributed by atoms with E-state index < -0.39 is 11.2 Å². The van der Waals surface area contributed by atoms with Crippen LogP contribution >= 0.6 is 0 Å². The first-order chi connectivity index (χ1) is 14.4. The second-order valence-electron chi connectivity index (χ2n) is 13.0. The molecule has 3 aliphatic rings. The molecule has 2 saturated carbocycles. The van der Waals surface area contributed by atoms with Crippen LogP contribution in [0.3, 0.4) is 0 Å². The molecule has 2 heteroatoms. The summed E-state index contributed by atoms with van der Waals surface area (Å²) in [4.78, 5) is 0. The highest BCUT2D eigenvalue weighted by Crippen LogP contribution is 2.58. The zero-order valence-electron chi connectivity index (χ0n) is 21.6. The fourth-order valence-corrected chi connectivity index (χ4v) is 7.88. The van der Waals surface area contributed by atoms with Crippen LogP contribution in [0, 0.1) is 28.6 Å². The molecule has 7 unspecified atom stereocenters. The number of aliphatic hydroxyl groups is 2. The molecule has 0 aromatic rings. The summed E-state index contributed by atoms with van der Waals surface area (Å²) in [5, 5.41) is 21.4. The van der Waals surface area contributed by atoms with Crippen molar-refractivity contribution in [1.29, 1.82) is 0 Å². The minimum Gasteiger partial charge on any atom is -0.390 e. The topological polar surface area (TPSA) is 40.5 Å². The van der Waals surface area contributed by atoms with Gasteiger partial charge in [-0.15, -0.1) is 0 Å². The molecule has 0 spiro atoms. The predicted octanol–water partition coefficient (Wildman–Crippen LogP) is 7.82. The van der Waals surface area contributed by atoms with Gasteiger partial charge in [0.2, 0.25) is 0 Å². The SMILES string of the molecule is CCCC(C)(O)CCC(C)C1CCC2CCC=C3CC(C)(O)CCC3(C)CCCC21C. The third-order valence-electron chi connectivity index (χ3n) is 10.1. The summed E-state index contributed by atoms with van der Waals surface area (Å²) in [6.07, 6.45) is 18.8. The van der Waals surface area contributed by atoms with Gasteiger partial charge in [-0.3, -0.25) is 0 Å². The highest BCUT2D eigenvalue weighted by molar-refractivity contribution is 5.20. The standard InChI is InChI=1S/C29H52O2/c1-7-15-27(4,30)18-14-22(2)25-13-12-23-10-8-11-24-21-28(5,31)20-19-26(24,3)16-9-17-29(23,25)6/h11,22-23,25,30-31H,7-10,12-21H2,1-6H3. The maximum atomic E-state index is 10.7. The summed E-state index contributed by atoms with van der Waals surface area (Å²) in [6.45, 7) is 13.8. The molecule has 2 N–H and O–H groups in total. The molecule has 2 nitrogen and oxygen atoms in total. The van der Waals surface area contributed by atoms with Gasteiger partial charge in [0.25, 0.3) is 0 Å². The Kier molecular flexibility index (Phi) is 7.74. The Balaban J connectivity index is 1.70. The van der Waals surface area contributed by atoms with Crippen LogP contribution in [0.2, 0.25) is 0 Å². The normalized spacial score (nSPS) is 42.1. The lowest BCUT2D eigenvalue weighted by Gasteiger charge is -2.46. The molecule has 0 bridgehead atoms. The van der Waals surface area contributed by atoms with Crippen molar-refractivity contribution >= 4 is 0 Å². The van der Waals surface area contributed by atoms with Gasteiger partial charge in [0.05, 0.1) is 11.2 Å². The smallest absolute Gasteiger partial charge is 0.0657 e. The third kappa shape index (κ3) is 5.78. The summed E-state index contributed by atoms with van der Waals surface area (Å²) >= 11 is 0. The molecular formula is C29H52O2. The van der Waals surface area contributed by atoms with Crippen molar-refractivity contribution < 1.29 is 10.2 Å². The Bertz CT molecular complexity index is 633. The van der Waals surface area contributed by atoms with E-state index in [1.807, 2.05) is 13.8 Å². The monoisotopic (exact) mass is 432 g/mol. The van der Waals surface area contributed by atoms with Gasteiger partial charge >= 0.3 is 0 Å². The highest BCUT2D eigenvalue weighted by atomic mass is 16.3. The molecule has 3 aliphatic carbocycles. The van der Waals surface area contributed by atoms with Crippen LogP contribution < -0.4 is 0 Å². The van der Waals surface area contributed by atoms with Gasteiger partial charge in [-0.25, -0.2) is 0 Å². The molecule has 0 heterocycles. The van der Waals surface area contributed by atoms with Crippen LogP contribution in [0.25, 0.3) is 0 Å². The first-order valence-electron chi connectivity index (χ1n) is 13.6. The van der Waals surface area contributed by atoms with Crippen LogP contribution in [-0.2, 0) is 0 Å². The van der Waals surface area contributed by atoms with E-state index in [1.54, 1.807) is 5.57 Å². The Hall–Kier alpha value is -0.340. The molecule has 180 valence electrons. The van der Waals surface area contributed by atoms with E-state index in [1.165, 1.54) is 44.9 Å². The molecule has 0 saturated heterocycles. The average Bonchev–Trinajstić information content (AvgIpc) is 2.99. The summed E-state index contributed by atoms with van der Waals surface area (Å²) in [6, 6.07) is 0. The first kappa shape index (κ1) is 25.3. The molecule has 2 fully saturated rings. The van der Waals surface area contributed by atoms with Crippen molar-refractivity contribution in [3.63, 3.8) is 0 Å². The Morgan fingerprint density at radius 3 is 2.52 bits per heavy atom. The van der Waals surface area contributed by atoms with E-state index >= 15 is 0 Å². The summed E-state index contributed by atoms with van der Waals surface area (Å²) < 4.78 is 0. The average molecular weight is 433 g/mol. The fraction of sp³-hybridized carbons (Fsp3) is 0.931. The van der Waals surface area contributed by atoms with Gasteiger partial charge in [0.15, 0.2) is 0 Å². The first-order valence-corrected chi connectivity index (χ1v) is 13.6. The molecule has 3 rings (SSSR count). The number of fused-ring (bicyclic) bond motifs is 2. The Labute approximate surface area is 193 Å². The lowest BCUT2D eigenvalue weighted by atomic mass is 9.60. The van der Waals surface area contributed by atoms with E-state index in [9.17, 15) is 10.2 Å². The molecule has 7 atom stereocenters. The Morgan fingerprint density at radius 2 is 1.81 bits per heavy atom. The molecule has 0 amide bonds. The van der Waals surface area contributed by atoms with Gasteiger partial charge in [-0.1, -0.05) is 52.2 Å². The van der Waals surface area contributed by atoms with Crippen LogP contribution in [0.1, 0.15) is 131 Å². The van der Waals surface area contributed by atoms with Crippen molar-refractivity contribution in [1.82, 2.24) is 0 Å². The van der Waals surface area contributed by atoms with Gasteiger partial charge < -0.3 is 10.2 Å². The zero-order valence-corrected chi connectivity index (χ0v) is 21.6. The quantitative estimate of drug-likeness (QED) is 0.420. The van der Waals surface area contributed by atoms with Gasteiger partial charge in [0.1, 0.15) is 0 Å². The minimum atomic E-state index is -0.503. The maximum absolute atomic E-state index is 10.7. The molecule has 31 heavy (non-hydrogen) atoms. The third-order valence-corrected chi connectivity index (χ3v) is 10.1. The minimum absolute atomic E-state index is 0.296. The zero-order chi connectivity index (χ0) is 22.9. The van der Waals surface area contributed by atoms with E-state index in [4.69, 9.17) is 0 Å². The van der Waals surface area contributed by atoms with Crippen LogP contribution in [0.15, 0.2) is 11.6 Å². The van der Waals surface area contributed by atoms with Crippen molar-refractivity contribution in [3.05, 3.63) is 11.6 Å². The van der Waals surface area contributed by atoms with Gasteiger partial charge in [-0.2, -0.15) is 0 Å². The number of allylic oxidation sites excluding steroid dienone is 1. The van der Waals surface area contributed by atoms with Crippen LogP contribution in [-0.4, -0.2) is 21.4 Å². The second-order valence-corrected chi connectivity index (χ2v) is 13.0. The van der Waals surface area contributed by atoms with Crippen LogP contribution in [0.4, 0.5) is 0 Å². The number of hydrogen-bond acceptors (Lipinski definition) is 2. The maximum Gasteiger partial charge on any atom is 0.0657 e. The van der Waals surface area contributed by atoms with Crippen LogP contribution in [0.5, 0.6) is 0 Å². The van der Waals surface area contributed by atoms with E-state index in [0.717, 1.165) is 56.8 Å². The number of hydrogen-bond donors (Lipinski definition) is 2. The van der Waals surface area contributed by atoms with Gasteiger partial charge in [0, 0.05) is 0 Å². The van der Waals surface area contributed by atoms with Gasteiger partial charge in [-0.05, 0) is 119 Å². The van der Waals surface area contributed by atoms with Crippen molar-refractivity contribution in [2.24, 2.45) is 28.6 Å². The fourth-order valence-electron chi connectivity index (χ4n) is 7.88. The molecule has 0 aliphatic heterocycles. The molecule has 0 aromatic heterocycles. The van der Waals surface area contributed by atoms with Crippen molar-refractivity contribution in [3.8, 4) is 0 Å². The Morgan fingerprint density at radius 1 is 1.06 bits per heavy atom. The summed E-state index contributed by atoms with van der Waals surface area (Å²) in [7, 11) is 0. The largest absolute Gasteiger partial charge is 0.390 e. The number of rotatable bonds is 6. The second kappa shape index (κ2) is 9.49. The molecular weight excluding hydrogens is 380 g/mol. The van der Waals surface area contributed by atoms with E-state index in [2.05, 4.69) is 33.8 Å². The van der Waals surface area contributed by atoms with Crippen molar-refractivity contribution in [2.75, 3.05) is 0 Å². The van der Waals surface area contributed by atoms with E-state index in [0.29, 0.717) is 16.7 Å². The highest BCUT2D eigenvalue weighted by Gasteiger charge is 2.48. The molecule has 0 aromatic carbocycles. The summed E-state index contributed by atoms with van der Waals surface area (Å²) in [5.74, 6) is 2.34. The summed E-state index contributed by atoms with van der Waals surface area (Å²) in [5.41, 5.74) is 1.31. The predicted molar refractivity (Wildman–Crippen MR) is 132 cm³/mol. The van der Waals surface area contributed by atoms with E-state index in [-0.39, 0.29) is 0 Å². The molecule has 0 radical (unpaired) electrons. The lowest BCUT2D eigenvalue weighted by molar-refractivity contribution is 0.00834. The van der Waals surface area contributed by atoms with Crippen molar-refractivity contribution in [2.45, 2.75) is 143 Å².